The van der Waals surface area contributed by atoms with E-state index in [1.54, 1.807) is 24.0 Å². The molecule has 5 heteroatoms. The largest absolute Gasteiger partial charge is 0.323 e. The Morgan fingerprint density at radius 3 is 2.58 bits per heavy atom. The highest BCUT2D eigenvalue weighted by molar-refractivity contribution is 5.91. The summed E-state index contributed by atoms with van der Waals surface area (Å²) in [6.45, 7) is 1.82. The van der Waals surface area contributed by atoms with Gasteiger partial charge in [-0.05, 0) is 5.56 Å². The number of benzene rings is 1. The first-order chi connectivity index (χ1) is 9.08. The third-order valence-electron chi connectivity index (χ3n) is 3.10. The van der Waals surface area contributed by atoms with Gasteiger partial charge in [-0.15, -0.1) is 0 Å². The first kappa shape index (κ1) is 13.3. The molecular formula is C14H18N4O. The summed E-state index contributed by atoms with van der Waals surface area (Å²) in [7, 11) is 1.80. The summed E-state index contributed by atoms with van der Waals surface area (Å²) in [5.41, 5.74) is 7.06. The Balaban J connectivity index is 2.03. The number of anilines is 1. The molecule has 100 valence electrons. The van der Waals surface area contributed by atoms with E-state index in [0.29, 0.717) is 5.82 Å². The van der Waals surface area contributed by atoms with Crippen molar-refractivity contribution in [3.63, 3.8) is 0 Å². The molecule has 1 amide bonds. The van der Waals surface area contributed by atoms with Crippen LogP contribution < -0.4 is 11.1 Å². The predicted octanol–water partition coefficient (Wildman–Crippen LogP) is 1.69. The van der Waals surface area contributed by atoms with Crippen LogP contribution in [0.1, 0.15) is 18.5 Å². The number of rotatable bonds is 4. The number of hydrogen-bond donors (Lipinski definition) is 2. The van der Waals surface area contributed by atoms with Crippen molar-refractivity contribution >= 4 is 11.7 Å². The zero-order valence-electron chi connectivity index (χ0n) is 11.1. The van der Waals surface area contributed by atoms with Crippen LogP contribution in [-0.2, 0) is 11.8 Å². The second-order valence-electron chi connectivity index (χ2n) is 4.59. The molecule has 3 N–H and O–H groups in total. The Morgan fingerprint density at radius 1 is 1.32 bits per heavy atom. The molecule has 0 aliphatic rings. The van der Waals surface area contributed by atoms with Gasteiger partial charge < -0.3 is 11.1 Å². The number of amides is 1. The summed E-state index contributed by atoms with van der Waals surface area (Å²) in [4.78, 5) is 12.1. The van der Waals surface area contributed by atoms with Crippen molar-refractivity contribution < 1.29 is 4.79 Å². The molecule has 5 nitrogen and oxygen atoms in total. The number of hydrogen-bond acceptors (Lipinski definition) is 3. The molecule has 0 aliphatic heterocycles. The van der Waals surface area contributed by atoms with Crippen LogP contribution >= 0.6 is 0 Å². The van der Waals surface area contributed by atoms with Gasteiger partial charge in [-0.25, -0.2) is 0 Å². The maximum Gasteiger partial charge on any atom is 0.230 e. The lowest BCUT2D eigenvalue weighted by Gasteiger charge is -2.19. The molecule has 19 heavy (non-hydrogen) atoms. The number of nitrogens with zero attached hydrogens (tertiary/aromatic N) is 2. The fraction of sp³-hybridized carbons (Fsp3) is 0.286. The molecule has 1 heterocycles. The van der Waals surface area contributed by atoms with Crippen molar-refractivity contribution in [1.29, 1.82) is 0 Å². The van der Waals surface area contributed by atoms with Crippen LogP contribution in [0.3, 0.4) is 0 Å². The van der Waals surface area contributed by atoms with Crippen LogP contribution in [0, 0.1) is 5.92 Å². The van der Waals surface area contributed by atoms with E-state index in [0.717, 1.165) is 5.56 Å². The molecule has 1 aromatic carbocycles. The summed E-state index contributed by atoms with van der Waals surface area (Å²) in [5, 5.41) is 6.87. The zero-order chi connectivity index (χ0) is 13.8. The first-order valence-corrected chi connectivity index (χ1v) is 6.19. The lowest BCUT2D eigenvalue weighted by Crippen LogP contribution is -2.30. The van der Waals surface area contributed by atoms with Crippen molar-refractivity contribution in [3.8, 4) is 0 Å². The quantitative estimate of drug-likeness (QED) is 0.876. The number of carbonyl (C=O) groups excluding carboxylic acids is 1. The molecule has 2 aromatic rings. The topological polar surface area (TPSA) is 72.9 Å². The highest BCUT2D eigenvalue weighted by Gasteiger charge is 2.22. The molecule has 2 rings (SSSR count). The number of carbonyl (C=O) groups is 1. The predicted molar refractivity (Wildman–Crippen MR) is 74.4 cm³/mol. The van der Waals surface area contributed by atoms with E-state index in [-0.39, 0.29) is 17.9 Å². The second-order valence-corrected chi connectivity index (χ2v) is 4.59. The van der Waals surface area contributed by atoms with Gasteiger partial charge in [0.1, 0.15) is 0 Å². The van der Waals surface area contributed by atoms with Crippen molar-refractivity contribution in [1.82, 2.24) is 9.78 Å². The van der Waals surface area contributed by atoms with Gasteiger partial charge >= 0.3 is 0 Å². The summed E-state index contributed by atoms with van der Waals surface area (Å²) < 4.78 is 1.64. The lowest BCUT2D eigenvalue weighted by atomic mass is 9.95. The molecule has 0 bridgehead atoms. The SMILES string of the molecule is CC(C(=O)Nc1ccn(C)n1)C(N)c1ccccc1. The Bertz CT molecular complexity index is 550. The van der Waals surface area contributed by atoms with Gasteiger partial charge in [0.25, 0.3) is 0 Å². The monoisotopic (exact) mass is 258 g/mol. The van der Waals surface area contributed by atoms with E-state index in [4.69, 9.17) is 5.73 Å². The van der Waals surface area contributed by atoms with Gasteiger partial charge in [0.2, 0.25) is 5.91 Å². The maximum atomic E-state index is 12.1. The molecule has 0 spiro atoms. The minimum Gasteiger partial charge on any atom is -0.323 e. The van der Waals surface area contributed by atoms with Crippen molar-refractivity contribution in [2.75, 3.05) is 5.32 Å². The van der Waals surface area contributed by atoms with Crippen molar-refractivity contribution in [2.45, 2.75) is 13.0 Å². The number of aromatic nitrogens is 2. The Kier molecular flexibility index (Phi) is 3.97. The molecule has 2 unspecified atom stereocenters. The van der Waals surface area contributed by atoms with Gasteiger partial charge in [-0.2, -0.15) is 5.10 Å². The average Bonchev–Trinajstić information content (AvgIpc) is 2.83. The lowest BCUT2D eigenvalue weighted by molar-refractivity contribution is -0.120. The molecule has 0 aliphatic carbocycles. The molecule has 0 fully saturated rings. The Morgan fingerprint density at radius 2 is 2.00 bits per heavy atom. The summed E-state index contributed by atoms with van der Waals surface area (Å²) >= 11 is 0. The van der Waals surface area contributed by atoms with Gasteiger partial charge in [0, 0.05) is 25.4 Å². The highest BCUT2D eigenvalue weighted by Crippen LogP contribution is 2.20. The van der Waals surface area contributed by atoms with E-state index in [2.05, 4.69) is 10.4 Å². The van der Waals surface area contributed by atoms with Crippen LogP contribution in [0.25, 0.3) is 0 Å². The minimum atomic E-state index is -0.329. The third-order valence-corrected chi connectivity index (χ3v) is 3.10. The first-order valence-electron chi connectivity index (χ1n) is 6.19. The van der Waals surface area contributed by atoms with E-state index in [9.17, 15) is 4.79 Å². The normalized spacial score (nSPS) is 13.8. The van der Waals surface area contributed by atoms with Crippen LogP contribution in [0.15, 0.2) is 42.6 Å². The molecule has 2 atom stereocenters. The van der Waals surface area contributed by atoms with Gasteiger partial charge in [-0.1, -0.05) is 37.3 Å². The van der Waals surface area contributed by atoms with E-state index >= 15 is 0 Å². The number of nitrogens with one attached hydrogen (secondary N) is 1. The van der Waals surface area contributed by atoms with E-state index in [1.807, 2.05) is 37.3 Å². The van der Waals surface area contributed by atoms with Crippen LogP contribution in [-0.4, -0.2) is 15.7 Å². The summed E-state index contributed by atoms with van der Waals surface area (Å²) in [5.74, 6) is 0.0825. The average molecular weight is 258 g/mol. The van der Waals surface area contributed by atoms with Gasteiger partial charge in [0.15, 0.2) is 5.82 Å². The third kappa shape index (κ3) is 3.20. The molecule has 0 radical (unpaired) electrons. The minimum absolute atomic E-state index is 0.130. The van der Waals surface area contributed by atoms with Gasteiger partial charge in [0.05, 0.1) is 5.92 Å². The molecule has 0 saturated heterocycles. The second kappa shape index (κ2) is 5.67. The summed E-state index contributed by atoms with van der Waals surface area (Å²) in [6.07, 6.45) is 1.78. The molecule has 0 saturated carbocycles. The number of aryl methyl sites for hydroxylation is 1. The van der Waals surface area contributed by atoms with Crippen LogP contribution in [0.2, 0.25) is 0 Å². The Hall–Kier alpha value is -2.14. The van der Waals surface area contributed by atoms with Gasteiger partial charge in [-0.3, -0.25) is 9.48 Å². The van der Waals surface area contributed by atoms with Crippen LogP contribution in [0.5, 0.6) is 0 Å². The van der Waals surface area contributed by atoms with Crippen molar-refractivity contribution in [2.24, 2.45) is 18.7 Å². The standard InChI is InChI=1S/C14H18N4O/c1-10(13(15)11-6-4-3-5-7-11)14(19)16-12-8-9-18(2)17-12/h3-10,13H,15H2,1-2H3,(H,16,17,19). The zero-order valence-corrected chi connectivity index (χ0v) is 11.1. The van der Waals surface area contributed by atoms with E-state index < -0.39 is 0 Å². The molecular weight excluding hydrogens is 240 g/mol. The Labute approximate surface area is 112 Å². The fourth-order valence-electron chi connectivity index (χ4n) is 1.85. The smallest absolute Gasteiger partial charge is 0.230 e. The fourth-order valence-corrected chi connectivity index (χ4v) is 1.85. The van der Waals surface area contributed by atoms with Crippen LogP contribution in [0.4, 0.5) is 5.82 Å². The van der Waals surface area contributed by atoms with E-state index in [1.165, 1.54) is 0 Å². The van der Waals surface area contributed by atoms with Crippen molar-refractivity contribution in [3.05, 3.63) is 48.2 Å². The number of nitrogens with two attached hydrogens (primary N) is 1. The summed E-state index contributed by atoms with van der Waals surface area (Å²) in [6, 6.07) is 11.0. The highest BCUT2D eigenvalue weighted by atomic mass is 16.2. The molecule has 1 aromatic heterocycles. The maximum absolute atomic E-state index is 12.1.